The van der Waals surface area contributed by atoms with E-state index in [9.17, 15) is 4.79 Å². The van der Waals surface area contributed by atoms with Gasteiger partial charge in [0.25, 0.3) is 0 Å². The number of aliphatic hydroxyl groups excluding tert-OH is 1. The highest BCUT2D eigenvalue weighted by molar-refractivity contribution is 7.15. The quantitative estimate of drug-likeness (QED) is 0.767. The molecule has 24 heavy (non-hydrogen) atoms. The van der Waals surface area contributed by atoms with Gasteiger partial charge in [0.05, 0.1) is 6.61 Å². The summed E-state index contributed by atoms with van der Waals surface area (Å²) in [6, 6.07) is 9.93. The van der Waals surface area contributed by atoms with Crippen LogP contribution in [0.3, 0.4) is 0 Å². The van der Waals surface area contributed by atoms with Crippen molar-refractivity contribution in [3.63, 3.8) is 0 Å². The summed E-state index contributed by atoms with van der Waals surface area (Å²) >= 11 is 1.40. The van der Waals surface area contributed by atoms with Crippen LogP contribution in [0.4, 0.5) is 9.93 Å². The number of hydrogen-bond acceptors (Lipinski definition) is 5. The Balaban J connectivity index is 2.08. The standard InChI is InChI=1S/C17H24N4O2S/c1-3-10-21(11-12-22)17(23)18-16-20-19-15(24-16)14(4-2)13-8-6-5-7-9-13/h5-9,14,22H,3-4,10-12H2,1-2H3,(H,18,20,23). The lowest BCUT2D eigenvalue weighted by molar-refractivity contribution is 0.188. The molecule has 2 rings (SSSR count). The largest absolute Gasteiger partial charge is 0.395 e. The van der Waals surface area contributed by atoms with Crippen LogP contribution in [0, 0.1) is 0 Å². The summed E-state index contributed by atoms with van der Waals surface area (Å²) in [6.45, 7) is 4.96. The van der Waals surface area contributed by atoms with Crippen LogP contribution >= 0.6 is 11.3 Å². The molecule has 1 atom stereocenters. The molecule has 0 aliphatic heterocycles. The van der Waals surface area contributed by atoms with Gasteiger partial charge in [-0.05, 0) is 18.4 Å². The number of aliphatic hydroxyl groups is 1. The fraction of sp³-hybridized carbons (Fsp3) is 0.471. The first kappa shape index (κ1) is 18.4. The van der Waals surface area contributed by atoms with Gasteiger partial charge in [0.15, 0.2) is 0 Å². The molecular formula is C17H24N4O2S. The van der Waals surface area contributed by atoms with Gasteiger partial charge in [0.2, 0.25) is 5.13 Å². The van der Waals surface area contributed by atoms with Crippen LogP contribution < -0.4 is 5.32 Å². The Bertz CT molecular complexity index is 627. The van der Waals surface area contributed by atoms with Gasteiger partial charge in [-0.3, -0.25) is 5.32 Å². The molecule has 2 aromatic rings. The van der Waals surface area contributed by atoms with E-state index in [4.69, 9.17) is 5.11 Å². The normalized spacial score (nSPS) is 12.0. The maximum atomic E-state index is 12.3. The zero-order chi connectivity index (χ0) is 17.4. The zero-order valence-corrected chi connectivity index (χ0v) is 14.9. The monoisotopic (exact) mass is 348 g/mol. The van der Waals surface area contributed by atoms with Crippen LogP contribution in [0.2, 0.25) is 0 Å². The Morgan fingerprint density at radius 2 is 2.00 bits per heavy atom. The van der Waals surface area contributed by atoms with E-state index < -0.39 is 0 Å². The van der Waals surface area contributed by atoms with Crippen LogP contribution in [0.25, 0.3) is 0 Å². The number of nitrogens with one attached hydrogen (secondary N) is 1. The maximum absolute atomic E-state index is 12.3. The molecule has 1 aromatic heterocycles. The summed E-state index contributed by atoms with van der Waals surface area (Å²) in [5.41, 5.74) is 1.20. The Kier molecular flexibility index (Phi) is 7.14. The summed E-state index contributed by atoms with van der Waals surface area (Å²) in [7, 11) is 0. The first-order valence-corrected chi connectivity index (χ1v) is 9.06. The van der Waals surface area contributed by atoms with E-state index in [1.165, 1.54) is 16.9 Å². The molecule has 0 fully saturated rings. The second-order valence-corrected chi connectivity index (χ2v) is 6.47. The molecule has 0 spiro atoms. The molecule has 0 aliphatic rings. The summed E-state index contributed by atoms with van der Waals surface area (Å²) in [6.07, 6.45) is 1.75. The van der Waals surface area contributed by atoms with E-state index in [1.54, 1.807) is 4.90 Å². The van der Waals surface area contributed by atoms with Gasteiger partial charge in [-0.2, -0.15) is 0 Å². The van der Waals surface area contributed by atoms with E-state index in [0.29, 0.717) is 18.2 Å². The van der Waals surface area contributed by atoms with Crippen molar-refractivity contribution in [2.75, 3.05) is 25.0 Å². The molecule has 130 valence electrons. The molecule has 7 heteroatoms. The molecule has 0 saturated carbocycles. The van der Waals surface area contributed by atoms with Crippen molar-refractivity contribution in [1.82, 2.24) is 15.1 Å². The zero-order valence-electron chi connectivity index (χ0n) is 14.1. The average molecular weight is 348 g/mol. The van der Waals surface area contributed by atoms with Gasteiger partial charge >= 0.3 is 6.03 Å². The Hall–Kier alpha value is -1.99. The first-order chi connectivity index (χ1) is 11.7. The van der Waals surface area contributed by atoms with E-state index >= 15 is 0 Å². The van der Waals surface area contributed by atoms with Crippen LogP contribution in [0.15, 0.2) is 30.3 Å². The van der Waals surface area contributed by atoms with Gasteiger partial charge in [-0.15, -0.1) is 10.2 Å². The van der Waals surface area contributed by atoms with E-state index in [1.807, 2.05) is 25.1 Å². The summed E-state index contributed by atoms with van der Waals surface area (Å²) in [5.74, 6) is 0.179. The predicted molar refractivity (Wildman–Crippen MR) is 96.5 cm³/mol. The van der Waals surface area contributed by atoms with Crippen molar-refractivity contribution in [3.05, 3.63) is 40.9 Å². The molecular weight excluding hydrogens is 324 g/mol. The van der Waals surface area contributed by atoms with Crippen molar-refractivity contribution in [1.29, 1.82) is 0 Å². The number of benzene rings is 1. The lowest BCUT2D eigenvalue weighted by Crippen LogP contribution is -2.37. The third-order valence-electron chi connectivity index (χ3n) is 3.71. The molecule has 1 aromatic carbocycles. The van der Waals surface area contributed by atoms with Crippen molar-refractivity contribution in [3.8, 4) is 0 Å². The number of amides is 2. The minimum atomic E-state index is -0.249. The van der Waals surface area contributed by atoms with Crippen molar-refractivity contribution < 1.29 is 9.90 Å². The predicted octanol–water partition coefficient (Wildman–Crippen LogP) is 3.32. The SMILES string of the molecule is CCCN(CCO)C(=O)Nc1nnc(C(CC)c2ccccc2)s1. The second-order valence-electron chi connectivity index (χ2n) is 5.46. The number of aromatic nitrogens is 2. The topological polar surface area (TPSA) is 78.4 Å². The lowest BCUT2D eigenvalue weighted by Gasteiger charge is -2.20. The smallest absolute Gasteiger partial charge is 0.323 e. The van der Waals surface area contributed by atoms with Crippen molar-refractivity contribution in [2.45, 2.75) is 32.6 Å². The molecule has 6 nitrogen and oxygen atoms in total. The number of carbonyl (C=O) groups is 1. The van der Waals surface area contributed by atoms with E-state index in [0.717, 1.165) is 17.8 Å². The number of rotatable bonds is 8. The van der Waals surface area contributed by atoms with Crippen molar-refractivity contribution >= 4 is 22.5 Å². The third-order valence-corrected chi connectivity index (χ3v) is 4.67. The summed E-state index contributed by atoms with van der Waals surface area (Å²) < 4.78 is 0. The Morgan fingerprint density at radius 1 is 1.25 bits per heavy atom. The molecule has 0 aliphatic carbocycles. The van der Waals surface area contributed by atoms with Crippen LogP contribution in [-0.2, 0) is 0 Å². The highest BCUT2D eigenvalue weighted by Crippen LogP contribution is 2.31. The number of anilines is 1. The second kappa shape index (κ2) is 9.34. The van der Waals surface area contributed by atoms with Crippen LogP contribution in [0.1, 0.15) is 43.2 Å². The fourth-order valence-electron chi connectivity index (χ4n) is 2.54. The lowest BCUT2D eigenvalue weighted by atomic mass is 9.97. The maximum Gasteiger partial charge on any atom is 0.323 e. The number of carbonyl (C=O) groups excluding carboxylic acids is 1. The minimum absolute atomic E-state index is 0.0549. The van der Waals surface area contributed by atoms with Crippen LogP contribution in [-0.4, -0.2) is 45.9 Å². The molecule has 0 radical (unpaired) electrons. The first-order valence-electron chi connectivity index (χ1n) is 8.24. The molecule has 2 amide bonds. The van der Waals surface area contributed by atoms with Gasteiger partial charge in [0, 0.05) is 19.0 Å². The van der Waals surface area contributed by atoms with Crippen molar-refractivity contribution in [2.24, 2.45) is 0 Å². The highest BCUT2D eigenvalue weighted by Gasteiger charge is 2.19. The van der Waals surface area contributed by atoms with E-state index in [-0.39, 0.29) is 18.6 Å². The van der Waals surface area contributed by atoms with Crippen LogP contribution in [0.5, 0.6) is 0 Å². The molecule has 1 heterocycles. The summed E-state index contributed by atoms with van der Waals surface area (Å²) in [4.78, 5) is 13.8. The fourth-order valence-corrected chi connectivity index (χ4v) is 3.48. The van der Waals surface area contributed by atoms with Gasteiger partial charge in [0.1, 0.15) is 5.01 Å². The number of nitrogens with zero attached hydrogens (tertiary/aromatic N) is 3. The van der Waals surface area contributed by atoms with Gasteiger partial charge < -0.3 is 10.0 Å². The molecule has 2 N–H and O–H groups in total. The van der Waals surface area contributed by atoms with E-state index in [2.05, 4.69) is 34.6 Å². The highest BCUT2D eigenvalue weighted by atomic mass is 32.1. The molecule has 1 unspecified atom stereocenters. The third kappa shape index (κ3) is 4.75. The molecule has 0 bridgehead atoms. The summed E-state index contributed by atoms with van der Waals surface area (Å²) in [5, 5.41) is 21.6. The number of hydrogen-bond donors (Lipinski definition) is 2. The Labute approximate surface area is 146 Å². The minimum Gasteiger partial charge on any atom is -0.395 e. The molecule has 0 saturated heterocycles. The average Bonchev–Trinajstić information content (AvgIpc) is 3.04. The number of urea groups is 1. The van der Waals surface area contributed by atoms with Gasteiger partial charge in [-0.1, -0.05) is 55.5 Å². The van der Waals surface area contributed by atoms with Gasteiger partial charge in [-0.25, -0.2) is 4.79 Å². The Morgan fingerprint density at radius 3 is 2.62 bits per heavy atom.